The summed E-state index contributed by atoms with van der Waals surface area (Å²) in [7, 11) is 0. The molecule has 146 valence electrons. The fourth-order valence-corrected chi connectivity index (χ4v) is 3.66. The number of aromatic nitrogens is 1. The fraction of sp³-hybridized carbons (Fsp3) is 0.100. The first kappa shape index (κ1) is 18.8. The van der Waals surface area contributed by atoms with Gasteiger partial charge in [0.15, 0.2) is 5.13 Å². The van der Waals surface area contributed by atoms with Gasteiger partial charge in [-0.2, -0.15) is 0 Å². The number of benzene rings is 2. The summed E-state index contributed by atoms with van der Waals surface area (Å²) in [5.74, 6) is -1.12. The number of hydrogen-bond acceptors (Lipinski definition) is 5. The molecular weight excluding hydrogens is 395 g/mol. The summed E-state index contributed by atoms with van der Waals surface area (Å²) in [6, 6.07) is 12.3. The number of anilines is 1. The van der Waals surface area contributed by atoms with E-state index in [9.17, 15) is 18.8 Å². The van der Waals surface area contributed by atoms with E-state index in [0.717, 1.165) is 4.90 Å². The largest absolute Gasteiger partial charge is 0.329 e. The highest BCUT2D eigenvalue weighted by Gasteiger charge is 2.29. The highest BCUT2D eigenvalue weighted by atomic mass is 32.1. The van der Waals surface area contributed by atoms with E-state index >= 15 is 0 Å². The first-order valence-corrected chi connectivity index (χ1v) is 9.58. The maximum Gasteiger partial charge on any atom is 0.324 e. The molecule has 0 spiro atoms. The van der Waals surface area contributed by atoms with Crippen molar-refractivity contribution >= 4 is 34.3 Å². The Bertz CT molecular complexity index is 1100. The molecule has 2 aromatic carbocycles. The third kappa shape index (κ3) is 3.99. The van der Waals surface area contributed by atoms with Gasteiger partial charge in [-0.05, 0) is 23.8 Å². The fourth-order valence-electron chi connectivity index (χ4n) is 2.94. The number of halogens is 1. The molecule has 4 amide bonds. The number of carbonyl (C=O) groups is 3. The van der Waals surface area contributed by atoms with Crippen LogP contribution in [0.2, 0.25) is 0 Å². The van der Waals surface area contributed by atoms with Gasteiger partial charge in [-0.1, -0.05) is 30.3 Å². The average Bonchev–Trinajstić information content (AvgIpc) is 3.30. The molecule has 1 saturated heterocycles. The molecule has 0 aliphatic carbocycles. The first-order valence-electron chi connectivity index (χ1n) is 8.70. The van der Waals surface area contributed by atoms with Gasteiger partial charge in [0, 0.05) is 16.5 Å². The van der Waals surface area contributed by atoms with Crippen molar-refractivity contribution in [2.45, 2.75) is 6.54 Å². The summed E-state index contributed by atoms with van der Waals surface area (Å²) in [5, 5.41) is 7.26. The predicted molar refractivity (Wildman–Crippen MR) is 106 cm³/mol. The minimum Gasteiger partial charge on any atom is -0.329 e. The summed E-state index contributed by atoms with van der Waals surface area (Å²) in [4.78, 5) is 41.8. The van der Waals surface area contributed by atoms with Crippen molar-refractivity contribution in [3.63, 3.8) is 0 Å². The summed E-state index contributed by atoms with van der Waals surface area (Å²) in [6.45, 7) is -0.0458. The van der Waals surface area contributed by atoms with E-state index in [2.05, 4.69) is 15.6 Å². The Morgan fingerprint density at radius 1 is 1.21 bits per heavy atom. The van der Waals surface area contributed by atoms with Crippen molar-refractivity contribution in [3.8, 4) is 11.3 Å². The zero-order chi connectivity index (χ0) is 20.4. The predicted octanol–water partition coefficient (Wildman–Crippen LogP) is 3.25. The molecule has 0 saturated carbocycles. The van der Waals surface area contributed by atoms with Crippen LogP contribution in [-0.2, 0) is 11.3 Å². The van der Waals surface area contributed by atoms with Gasteiger partial charge < -0.3 is 5.32 Å². The van der Waals surface area contributed by atoms with E-state index in [1.54, 1.807) is 41.8 Å². The number of hydrogen-bond donors (Lipinski definition) is 2. The maximum atomic E-state index is 13.4. The van der Waals surface area contributed by atoms with E-state index in [1.807, 2.05) is 0 Å². The van der Waals surface area contributed by atoms with Gasteiger partial charge in [-0.25, -0.2) is 14.2 Å². The molecule has 3 aromatic rings. The number of amides is 4. The lowest BCUT2D eigenvalue weighted by Crippen LogP contribution is -2.31. The van der Waals surface area contributed by atoms with E-state index < -0.39 is 11.9 Å². The summed E-state index contributed by atoms with van der Waals surface area (Å²) >= 11 is 1.22. The zero-order valence-corrected chi connectivity index (χ0v) is 15.8. The highest BCUT2D eigenvalue weighted by Crippen LogP contribution is 2.26. The maximum absolute atomic E-state index is 13.4. The SMILES string of the molecule is O=C(Nc1nc(-c2cccc(F)c2)cs1)c1ccccc1CN1C(=O)CNC1=O. The lowest BCUT2D eigenvalue weighted by Gasteiger charge is -2.15. The van der Waals surface area contributed by atoms with Crippen molar-refractivity contribution in [1.29, 1.82) is 0 Å². The average molecular weight is 410 g/mol. The molecule has 0 bridgehead atoms. The van der Waals surface area contributed by atoms with E-state index in [4.69, 9.17) is 0 Å². The van der Waals surface area contributed by atoms with Crippen LogP contribution in [0.3, 0.4) is 0 Å². The van der Waals surface area contributed by atoms with Crippen molar-refractivity contribution in [1.82, 2.24) is 15.2 Å². The van der Waals surface area contributed by atoms with Crippen molar-refractivity contribution in [3.05, 3.63) is 70.9 Å². The van der Waals surface area contributed by atoms with Crippen LogP contribution in [0.15, 0.2) is 53.9 Å². The van der Waals surface area contributed by atoms with Gasteiger partial charge in [0.05, 0.1) is 18.8 Å². The third-order valence-electron chi connectivity index (χ3n) is 4.37. The molecule has 1 fully saturated rings. The lowest BCUT2D eigenvalue weighted by molar-refractivity contribution is -0.125. The van der Waals surface area contributed by atoms with E-state index in [1.165, 1.54) is 23.5 Å². The van der Waals surface area contributed by atoms with Gasteiger partial charge in [0.2, 0.25) is 5.91 Å². The number of thiazole rings is 1. The molecule has 4 rings (SSSR count). The van der Waals surface area contributed by atoms with E-state index in [-0.39, 0.29) is 24.8 Å². The molecule has 2 N–H and O–H groups in total. The Labute approximate surface area is 169 Å². The number of nitrogens with one attached hydrogen (secondary N) is 2. The minimum absolute atomic E-state index is 0.000666. The van der Waals surface area contributed by atoms with Crippen molar-refractivity contribution < 1.29 is 18.8 Å². The molecule has 0 unspecified atom stereocenters. The van der Waals surface area contributed by atoms with Gasteiger partial charge in [0.1, 0.15) is 5.82 Å². The van der Waals surface area contributed by atoms with Crippen LogP contribution in [0.5, 0.6) is 0 Å². The molecule has 9 heteroatoms. The van der Waals surface area contributed by atoms with Crippen LogP contribution in [0.1, 0.15) is 15.9 Å². The summed E-state index contributed by atoms with van der Waals surface area (Å²) < 4.78 is 13.4. The highest BCUT2D eigenvalue weighted by molar-refractivity contribution is 7.14. The summed E-state index contributed by atoms with van der Waals surface area (Å²) in [5.41, 5.74) is 2.04. The molecule has 2 heterocycles. The van der Waals surface area contributed by atoms with Crippen molar-refractivity contribution in [2.75, 3.05) is 11.9 Å². The topological polar surface area (TPSA) is 91.4 Å². The molecule has 0 atom stereocenters. The van der Waals surface area contributed by atoms with Crippen LogP contribution < -0.4 is 10.6 Å². The second-order valence-corrected chi connectivity index (χ2v) is 7.16. The van der Waals surface area contributed by atoms with Crippen molar-refractivity contribution in [2.24, 2.45) is 0 Å². The molecule has 7 nitrogen and oxygen atoms in total. The Balaban J connectivity index is 1.52. The quantitative estimate of drug-likeness (QED) is 0.632. The normalized spacial score (nSPS) is 13.5. The second kappa shape index (κ2) is 7.80. The molecule has 29 heavy (non-hydrogen) atoms. The minimum atomic E-state index is -0.482. The smallest absolute Gasteiger partial charge is 0.324 e. The third-order valence-corrected chi connectivity index (χ3v) is 5.13. The number of carbonyl (C=O) groups excluding carboxylic acids is 3. The molecule has 1 aliphatic heterocycles. The van der Waals surface area contributed by atoms with E-state index in [0.29, 0.717) is 27.5 Å². The number of imide groups is 1. The van der Waals surface area contributed by atoms with Crippen LogP contribution in [0.25, 0.3) is 11.3 Å². The van der Waals surface area contributed by atoms with Gasteiger partial charge in [0.25, 0.3) is 5.91 Å². The lowest BCUT2D eigenvalue weighted by atomic mass is 10.1. The molecule has 0 radical (unpaired) electrons. The van der Waals surface area contributed by atoms with Gasteiger partial charge in [-0.15, -0.1) is 11.3 Å². The monoisotopic (exact) mass is 410 g/mol. The Kier molecular flexibility index (Phi) is 5.05. The van der Waals surface area contributed by atoms with Crippen LogP contribution >= 0.6 is 11.3 Å². The standard InChI is InChI=1S/C20H15FN4O3S/c21-14-6-3-5-12(8-14)16-11-29-19(23-16)24-18(27)15-7-2-1-4-13(15)10-25-17(26)9-22-20(25)28/h1-8,11H,9-10H2,(H,22,28)(H,23,24,27). The second-order valence-electron chi connectivity index (χ2n) is 6.30. The molecular formula is C20H15FN4O3S. The number of urea groups is 1. The first-order chi connectivity index (χ1) is 14.0. The molecule has 1 aromatic heterocycles. The van der Waals surface area contributed by atoms with Gasteiger partial charge in [-0.3, -0.25) is 19.8 Å². The zero-order valence-electron chi connectivity index (χ0n) is 15.0. The number of rotatable bonds is 5. The Morgan fingerprint density at radius 2 is 2.03 bits per heavy atom. The van der Waals surface area contributed by atoms with Crippen LogP contribution in [-0.4, -0.2) is 34.3 Å². The van der Waals surface area contributed by atoms with Crippen LogP contribution in [0.4, 0.5) is 14.3 Å². The Hall–Kier alpha value is -3.59. The molecule has 1 aliphatic rings. The van der Waals surface area contributed by atoms with Gasteiger partial charge >= 0.3 is 6.03 Å². The summed E-state index contributed by atoms with van der Waals surface area (Å²) in [6.07, 6.45) is 0. The van der Waals surface area contributed by atoms with Crippen LogP contribution in [0, 0.1) is 5.82 Å². The number of nitrogens with zero attached hydrogens (tertiary/aromatic N) is 2. The Morgan fingerprint density at radius 3 is 2.79 bits per heavy atom.